The maximum absolute atomic E-state index is 12.3. The van der Waals surface area contributed by atoms with Gasteiger partial charge in [0, 0.05) is 11.7 Å². The molecule has 5 nitrogen and oxygen atoms in total. The van der Waals surface area contributed by atoms with Crippen molar-refractivity contribution in [3.63, 3.8) is 0 Å². The van der Waals surface area contributed by atoms with Crippen LogP contribution in [-0.4, -0.2) is 43.6 Å². The first-order chi connectivity index (χ1) is 10.6. The van der Waals surface area contributed by atoms with E-state index in [1.54, 1.807) is 45.0 Å². The summed E-state index contributed by atoms with van der Waals surface area (Å²) in [5.41, 5.74) is 1.33. The lowest BCUT2D eigenvalue weighted by atomic mass is 10.2. The molecule has 0 bridgehead atoms. The first kappa shape index (κ1) is 17.9. The molecule has 0 spiro atoms. The number of nitrogens with zero attached hydrogens (tertiary/aromatic N) is 1. The summed E-state index contributed by atoms with van der Waals surface area (Å²) in [6, 6.07) is 7.59. The van der Waals surface area contributed by atoms with E-state index in [-0.39, 0.29) is 11.7 Å². The fourth-order valence-electron chi connectivity index (χ4n) is 2.25. The highest BCUT2D eigenvalue weighted by molar-refractivity contribution is 7.91. The molecule has 1 saturated carbocycles. The average Bonchev–Trinajstić information content (AvgIpc) is 3.20. The number of rotatable bonds is 6. The molecule has 0 unspecified atom stereocenters. The summed E-state index contributed by atoms with van der Waals surface area (Å²) in [6.45, 7) is 5.44. The third-order valence-corrected chi connectivity index (χ3v) is 6.64. The monoisotopic (exact) mass is 338 g/mol. The van der Waals surface area contributed by atoms with E-state index in [4.69, 9.17) is 0 Å². The fraction of sp³-hybridized carbons (Fsp3) is 0.588. The van der Waals surface area contributed by atoms with Crippen molar-refractivity contribution in [2.24, 2.45) is 0 Å². The number of hydrogen-bond donors (Lipinski definition) is 1. The zero-order valence-corrected chi connectivity index (χ0v) is 15.1. The summed E-state index contributed by atoms with van der Waals surface area (Å²) in [7, 11) is -1.29. The Morgan fingerprint density at radius 3 is 2.52 bits per heavy atom. The van der Waals surface area contributed by atoms with Gasteiger partial charge in [-0.15, -0.1) is 0 Å². The lowest BCUT2D eigenvalue weighted by Crippen LogP contribution is -2.31. The minimum absolute atomic E-state index is 0.0256. The summed E-state index contributed by atoms with van der Waals surface area (Å²) < 4.78 is 23.8. The van der Waals surface area contributed by atoms with Gasteiger partial charge in [0.25, 0.3) is 0 Å². The molecule has 1 amide bonds. The maximum Gasteiger partial charge on any atom is 0.238 e. The van der Waals surface area contributed by atoms with E-state index in [0.29, 0.717) is 23.8 Å². The maximum atomic E-state index is 12.3. The predicted molar refractivity (Wildman–Crippen MR) is 93.1 cm³/mol. The van der Waals surface area contributed by atoms with Crippen LogP contribution in [0.3, 0.4) is 0 Å². The van der Waals surface area contributed by atoms with E-state index in [9.17, 15) is 13.2 Å². The molecule has 0 heterocycles. The van der Waals surface area contributed by atoms with Crippen LogP contribution in [0.1, 0.15) is 39.2 Å². The molecule has 1 aliphatic rings. The van der Waals surface area contributed by atoms with Crippen molar-refractivity contribution in [3.8, 4) is 0 Å². The van der Waals surface area contributed by atoms with Gasteiger partial charge in [0.15, 0.2) is 9.84 Å². The Morgan fingerprint density at radius 1 is 1.30 bits per heavy atom. The van der Waals surface area contributed by atoms with Crippen LogP contribution in [0.4, 0.5) is 5.69 Å². The molecule has 0 aromatic heterocycles. The normalized spacial score (nSPS) is 15.7. The molecule has 6 heteroatoms. The number of hydrogen-bond acceptors (Lipinski definition) is 4. The minimum atomic E-state index is -3.24. The van der Waals surface area contributed by atoms with Crippen LogP contribution in [0, 0.1) is 0 Å². The molecule has 0 saturated heterocycles. The van der Waals surface area contributed by atoms with E-state index in [2.05, 4.69) is 5.32 Å². The molecule has 128 valence electrons. The molecular formula is C17H26N2O3S. The lowest BCUT2D eigenvalue weighted by Gasteiger charge is -2.19. The van der Waals surface area contributed by atoms with Crippen molar-refractivity contribution < 1.29 is 13.2 Å². The second kappa shape index (κ2) is 6.61. The smallest absolute Gasteiger partial charge is 0.238 e. The Morgan fingerprint density at radius 2 is 1.96 bits per heavy atom. The van der Waals surface area contributed by atoms with Crippen molar-refractivity contribution in [2.45, 2.75) is 50.2 Å². The van der Waals surface area contributed by atoms with Crippen LogP contribution in [0.15, 0.2) is 24.3 Å². The Kier molecular flexibility index (Phi) is 5.16. The molecule has 0 radical (unpaired) electrons. The van der Waals surface area contributed by atoms with Crippen LogP contribution in [-0.2, 0) is 20.4 Å². The summed E-state index contributed by atoms with van der Waals surface area (Å²) in [6.07, 6.45) is 2.31. The number of anilines is 1. The van der Waals surface area contributed by atoms with Crippen molar-refractivity contribution in [2.75, 3.05) is 18.9 Å². The molecule has 1 aliphatic carbocycles. The summed E-state index contributed by atoms with van der Waals surface area (Å²) in [5, 5.41) is 2.84. The van der Waals surface area contributed by atoms with Gasteiger partial charge in [-0.05, 0) is 58.4 Å². The highest BCUT2D eigenvalue weighted by atomic mass is 32.2. The first-order valence-electron chi connectivity index (χ1n) is 7.90. The van der Waals surface area contributed by atoms with Crippen LogP contribution in [0.5, 0.6) is 0 Å². The number of carbonyl (C=O) groups is 1. The standard InChI is InChI=1S/C17H26N2O3S/c1-17(2,3)23(21,22)12-13-6-5-7-14(10-13)18-16(20)11-19(4)15-8-9-15/h5-7,10,15H,8-9,11-12H2,1-4H3,(H,18,20). The molecule has 2 rings (SSSR count). The second-order valence-corrected chi connectivity index (χ2v) is 10.0. The Bertz CT molecular complexity index is 673. The van der Waals surface area contributed by atoms with E-state index in [1.807, 2.05) is 11.9 Å². The van der Waals surface area contributed by atoms with Gasteiger partial charge in [-0.1, -0.05) is 12.1 Å². The van der Waals surface area contributed by atoms with Crippen molar-refractivity contribution in [1.29, 1.82) is 0 Å². The fourth-order valence-corrected chi connectivity index (χ4v) is 3.30. The number of likely N-dealkylation sites (N-methyl/N-ethyl adjacent to an activating group) is 1. The first-order valence-corrected chi connectivity index (χ1v) is 9.55. The molecule has 1 fully saturated rings. The Labute approximate surface area is 139 Å². The largest absolute Gasteiger partial charge is 0.325 e. The topological polar surface area (TPSA) is 66.5 Å². The number of amides is 1. The minimum Gasteiger partial charge on any atom is -0.325 e. The predicted octanol–water partition coefficient (Wildman–Crippen LogP) is 2.43. The summed E-state index contributed by atoms with van der Waals surface area (Å²) in [5.74, 6) is -0.0995. The van der Waals surface area contributed by atoms with E-state index < -0.39 is 14.6 Å². The highest BCUT2D eigenvalue weighted by Gasteiger charge is 2.29. The van der Waals surface area contributed by atoms with Gasteiger partial charge in [0.05, 0.1) is 17.0 Å². The third-order valence-electron chi connectivity index (χ3n) is 4.06. The van der Waals surface area contributed by atoms with E-state index >= 15 is 0 Å². The average molecular weight is 338 g/mol. The SMILES string of the molecule is CN(CC(=O)Nc1cccc(CS(=O)(=O)C(C)(C)C)c1)C1CC1. The highest BCUT2D eigenvalue weighted by Crippen LogP contribution is 2.25. The van der Waals surface area contributed by atoms with Gasteiger partial charge < -0.3 is 5.32 Å². The van der Waals surface area contributed by atoms with Crippen molar-refractivity contribution >= 4 is 21.4 Å². The van der Waals surface area contributed by atoms with Crippen LogP contribution in [0.25, 0.3) is 0 Å². The zero-order valence-electron chi connectivity index (χ0n) is 14.3. The Hall–Kier alpha value is -1.40. The van der Waals surface area contributed by atoms with Gasteiger partial charge in [-0.25, -0.2) is 8.42 Å². The zero-order chi connectivity index (χ0) is 17.3. The van der Waals surface area contributed by atoms with Gasteiger partial charge in [-0.2, -0.15) is 0 Å². The van der Waals surface area contributed by atoms with Gasteiger partial charge in [-0.3, -0.25) is 9.69 Å². The molecule has 1 aromatic rings. The molecule has 1 aromatic carbocycles. The molecule has 0 aliphatic heterocycles. The van der Waals surface area contributed by atoms with Crippen molar-refractivity contribution in [3.05, 3.63) is 29.8 Å². The molecular weight excluding hydrogens is 312 g/mol. The molecule has 0 atom stereocenters. The number of sulfone groups is 1. The molecule has 1 N–H and O–H groups in total. The quantitative estimate of drug-likeness (QED) is 0.865. The van der Waals surface area contributed by atoms with Gasteiger partial charge in [0.1, 0.15) is 0 Å². The van der Waals surface area contributed by atoms with Crippen LogP contribution in [0.2, 0.25) is 0 Å². The summed E-state index contributed by atoms with van der Waals surface area (Å²) >= 11 is 0. The lowest BCUT2D eigenvalue weighted by molar-refractivity contribution is -0.117. The number of nitrogens with one attached hydrogen (secondary N) is 1. The number of benzene rings is 1. The third kappa shape index (κ3) is 5.04. The van der Waals surface area contributed by atoms with Gasteiger partial charge in [0.2, 0.25) is 5.91 Å². The second-order valence-electron chi connectivity index (χ2n) is 7.27. The van der Waals surface area contributed by atoms with Crippen LogP contribution < -0.4 is 5.32 Å². The van der Waals surface area contributed by atoms with Crippen molar-refractivity contribution in [1.82, 2.24) is 4.90 Å². The van der Waals surface area contributed by atoms with E-state index in [0.717, 1.165) is 12.8 Å². The van der Waals surface area contributed by atoms with Crippen LogP contribution >= 0.6 is 0 Å². The Balaban J connectivity index is 2.00. The van der Waals surface area contributed by atoms with Gasteiger partial charge >= 0.3 is 0 Å². The number of carbonyl (C=O) groups excluding carboxylic acids is 1. The molecule has 23 heavy (non-hydrogen) atoms. The summed E-state index contributed by atoms with van der Waals surface area (Å²) in [4.78, 5) is 14.1. The van der Waals surface area contributed by atoms with E-state index in [1.165, 1.54) is 0 Å².